The molecule has 0 radical (unpaired) electrons. The summed E-state index contributed by atoms with van der Waals surface area (Å²) >= 11 is 0. The lowest BCUT2D eigenvalue weighted by atomic mass is 10.00. The maximum absolute atomic E-state index is 12.5. The molecule has 1 atom stereocenters. The first-order valence-electron chi connectivity index (χ1n) is 7.64. The lowest BCUT2D eigenvalue weighted by Gasteiger charge is -2.15. The standard InChI is InChI=1S/C19H19NO5/c1-12(13-7-5-4-6-8-13)17(21)20-16-11-14(18(22)24-2)9-10-15(16)19(23)25-3/h4-12H,1-3H3,(H,20,21)/t12-/m1/s1. The second kappa shape index (κ2) is 8.10. The van der Waals surface area contributed by atoms with E-state index in [0.717, 1.165) is 5.56 Å². The predicted molar refractivity (Wildman–Crippen MR) is 92.6 cm³/mol. The summed E-state index contributed by atoms with van der Waals surface area (Å²) in [6, 6.07) is 13.5. The average molecular weight is 341 g/mol. The van der Waals surface area contributed by atoms with Crippen LogP contribution in [0, 0.1) is 0 Å². The zero-order valence-corrected chi connectivity index (χ0v) is 14.2. The van der Waals surface area contributed by atoms with E-state index in [4.69, 9.17) is 4.74 Å². The SMILES string of the molecule is COC(=O)c1ccc(C(=O)OC)c(NC(=O)[C@H](C)c2ccccc2)c1. The van der Waals surface area contributed by atoms with Gasteiger partial charge in [0.1, 0.15) is 0 Å². The lowest BCUT2D eigenvalue weighted by molar-refractivity contribution is -0.117. The fourth-order valence-corrected chi connectivity index (χ4v) is 2.31. The Kier molecular flexibility index (Phi) is 5.89. The number of benzene rings is 2. The van der Waals surface area contributed by atoms with Crippen molar-refractivity contribution in [2.24, 2.45) is 0 Å². The molecule has 6 heteroatoms. The molecular formula is C19H19NO5. The van der Waals surface area contributed by atoms with Crippen LogP contribution in [0.5, 0.6) is 0 Å². The lowest BCUT2D eigenvalue weighted by Crippen LogP contribution is -2.21. The van der Waals surface area contributed by atoms with Crippen molar-refractivity contribution in [2.45, 2.75) is 12.8 Å². The summed E-state index contributed by atoms with van der Waals surface area (Å²) in [6.07, 6.45) is 0. The third-order valence-corrected chi connectivity index (χ3v) is 3.80. The van der Waals surface area contributed by atoms with Gasteiger partial charge in [0.15, 0.2) is 0 Å². The number of carbonyl (C=O) groups is 3. The Balaban J connectivity index is 2.33. The number of rotatable bonds is 5. The summed E-state index contributed by atoms with van der Waals surface area (Å²) in [7, 11) is 2.50. The van der Waals surface area contributed by atoms with Gasteiger partial charge in [-0.2, -0.15) is 0 Å². The largest absolute Gasteiger partial charge is 0.465 e. The minimum atomic E-state index is -0.612. The quantitative estimate of drug-likeness (QED) is 0.846. The molecule has 0 saturated carbocycles. The first-order chi connectivity index (χ1) is 12.0. The Morgan fingerprint density at radius 2 is 1.56 bits per heavy atom. The van der Waals surface area contributed by atoms with Gasteiger partial charge in [-0.1, -0.05) is 30.3 Å². The normalized spacial score (nSPS) is 11.3. The van der Waals surface area contributed by atoms with E-state index in [9.17, 15) is 14.4 Å². The summed E-state index contributed by atoms with van der Waals surface area (Å²) in [5.41, 5.74) is 1.41. The van der Waals surface area contributed by atoms with Crippen molar-refractivity contribution in [3.63, 3.8) is 0 Å². The number of nitrogens with one attached hydrogen (secondary N) is 1. The molecule has 2 rings (SSSR count). The predicted octanol–water partition coefficient (Wildman–Crippen LogP) is 3.00. The molecule has 1 amide bonds. The van der Waals surface area contributed by atoms with Gasteiger partial charge in [0, 0.05) is 0 Å². The van der Waals surface area contributed by atoms with Crippen LogP contribution in [0.4, 0.5) is 5.69 Å². The average Bonchev–Trinajstić information content (AvgIpc) is 2.66. The zero-order chi connectivity index (χ0) is 18.4. The van der Waals surface area contributed by atoms with Crippen LogP contribution in [-0.4, -0.2) is 32.1 Å². The summed E-state index contributed by atoms with van der Waals surface area (Å²) < 4.78 is 9.40. The maximum atomic E-state index is 12.5. The molecule has 0 heterocycles. The Labute approximate surface area is 145 Å². The second-order valence-electron chi connectivity index (χ2n) is 5.37. The molecule has 0 fully saturated rings. The van der Waals surface area contributed by atoms with Crippen LogP contribution >= 0.6 is 0 Å². The van der Waals surface area contributed by atoms with Gasteiger partial charge in [-0.3, -0.25) is 4.79 Å². The number of carbonyl (C=O) groups excluding carboxylic acids is 3. The van der Waals surface area contributed by atoms with E-state index in [1.165, 1.54) is 32.4 Å². The van der Waals surface area contributed by atoms with E-state index in [1.54, 1.807) is 6.92 Å². The maximum Gasteiger partial charge on any atom is 0.339 e. The van der Waals surface area contributed by atoms with Gasteiger partial charge in [-0.15, -0.1) is 0 Å². The van der Waals surface area contributed by atoms with E-state index in [0.29, 0.717) is 0 Å². The number of esters is 2. The molecule has 0 aliphatic heterocycles. The molecule has 130 valence electrons. The molecular weight excluding hydrogens is 322 g/mol. The van der Waals surface area contributed by atoms with Gasteiger partial charge in [-0.25, -0.2) is 9.59 Å². The molecule has 1 N–H and O–H groups in total. The van der Waals surface area contributed by atoms with Gasteiger partial charge in [0.05, 0.1) is 37.0 Å². The van der Waals surface area contributed by atoms with E-state index in [1.807, 2.05) is 30.3 Å². The Morgan fingerprint density at radius 3 is 2.16 bits per heavy atom. The van der Waals surface area contributed by atoms with Crippen molar-refractivity contribution in [1.29, 1.82) is 0 Å². The van der Waals surface area contributed by atoms with Crippen molar-refractivity contribution in [2.75, 3.05) is 19.5 Å². The van der Waals surface area contributed by atoms with Crippen LogP contribution < -0.4 is 5.32 Å². The number of anilines is 1. The fraction of sp³-hybridized carbons (Fsp3) is 0.211. The molecule has 0 unspecified atom stereocenters. The molecule has 2 aromatic carbocycles. The third kappa shape index (κ3) is 4.23. The fourth-order valence-electron chi connectivity index (χ4n) is 2.31. The van der Waals surface area contributed by atoms with Crippen molar-refractivity contribution in [3.8, 4) is 0 Å². The van der Waals surface area contributed by atoms with E-state index >= 15 is 0 Å². The van der Waals surface area contributed by atoms with Gasteiger partial charge in [0.2, 0.25) is 5.91 Å². The number of hydrogen-bond acceptors (Lipinski definition) is 5. The molecule has 0 saturated heterocycles. The van der Waals surface area contributed by atoms with Crippen molar-refractivity contribution < 1.29 is 23.9 Å². The topological polar surface area (TPSA) is 81.7 Å². The van der Waals surface area contributed by atoms with Gasteiger partial charge in [0.25, 0.3) is 0 Å². The molecule has 0 spiro atoms. The second-order valence-corrected chi connectivity index (χ2v) is 5.37. The summed E-state index contributed by atoms with van der Waals surface area (Å²) in [5.74, 6) is -1.92. The van der Waals surface area contributed by atoms with Gasteiger partial charge < -0.3 is 14.8 Å². The number of ether oxygens (including phenoxy) is 2. The Hall–Kier alpha value is -3.15. The highest BCUT2D eigenvalue weighted by Crippen LogP contribution is 2.23. The van der Waals surface area contributed by atoms with Crippen LogP contribution in [0.15, 0.2) is 48.5 Å². The van der Waals surface area contributed by atoms with E-state index in [2.05, 4.69) is 10.1 Å². The van der Waals surface area contributed by atoms with Crippen LogP contribution in [0.25, 0.3) is 0 Å². The Morgan fingerprint density at radius 1 is 0.920 bits per heavy atom. The minimum Gasteiger partial charge on any atom is -0.465 e. The smallest absolute Gasteiger partial charge is 0.339 e. The van der Waals surface area contributed by atoms with Gasteiger partial charge in [-0.05, 0) is 30.7 Å². The molecule has 0 aromatic heterocycles. The highest BCUT2D eigenvalue weighted by Gasteiger charge is 2.20. The highest BCUT2D eigenvalue weighted by atomic mass is 16.5. The molecule has 2 aromatic rings. The van der Waals surface area contributed by atoms with Crippen molar-refractivity contribution in [1.82, 2.24) is 0 Å². The molecule has 0 bridgehead atoms. The van der Waals surface area contributed by atoms with Crippen molar-refractivity contribution >= 4 is 23.5 Å². The van der Waals surface area contributed by atoms with Crippen LogP contribution in [-0.2, 0) is 14.3 Å². The van der Waals surface area contributed by atoms with Crippen LogP contribution in [0.2, 0.25) is 0 Å². The number of amides is 1. The zero-order valence-electron chi connectivity index (χ0n) is 14.2. The molecule has 6 nitrogen and oxygen atoms in total. The summed E-state index contributed by atoms with van der Waals surface area (Å²) in [6.45, 7) is 1.76. The number of hydrogen-bond donors (Lipinski definition) is 1. The molecule has 0 aliphatic rings. The van der Waals surface area contributed by atoms with E-state index < -0.39 is 17.9 Å². The molecule has 0 aliphatic carbocycles. The number of methoxy groups -OCH3 is 2. The first-order valence-corrected chi connectivity index (χ1v) is 7.64. The van der Waals surface area contributed by atoms with Gasteiger partial charge >= 0.3 is 11.9 Å². The minimum absolute atomic E-state index is 0.156. The molecule has 25 heavy (non-hydrogen) atoms. The van der Waals surface area contributed by atoms with E-state index in [-0.39, 0.29) is 22.7 Å². The first kappa shape index (κ1) is 18.2. The monoisotopic (exact) mass is 341 g/mol. The Bertz CT molecular complexity index is 786. The van der Waals surface area contributed by atoms with Crippen LogP contribution in [0.3, 0.4) is 0 Å². The van der Waals surface area contributed by atoms with Crippen molar-refractivity contribution in [3.05, 3.63) is 65.2 Å². The summed E-state index contributed by atoms with van der Waals surface area (Å²) in [5, 5.41) is 2.70. The third-order valence-electron chi connectivity index (χ3n) is 3.80. The summed E-state index contributed by atoms with van der Waals surface area (Å²) in [4.78, 5) is 36.2. The highest BCUT2D eigenvalue weighted by molar-refractivity contribution is 6.04. The van der Waals surface area contributed by atoms with Crippen LogP contribution in [0.1, 0.15) is 39.1 Å².